The van der Waals surface area contributed by atoms with E-state index in [1.54, 1.807) is 11.3 Å². The lowest BCUT2D eigenvalue weighted by Crippen LogP contribution is -2.46. The second-order valence-corrected chi connectivity index (χ2v) is 11.8. The van der Waals surface area contributed by atoms with Crippen molar-refractivity contribution in [1.82, 2.24) is 10.1 Å². The van der Waals surface area contributed by atoms with Crippen LogP contribution in [0.2, 0.25) is 0 Å². The number of fused-ring (bicyclic) bond motifs is 1. The van der Waals surface area contributed by atoms with Crippen molar-refractivity contribution in [2.75, 3.05) is 31.2 Å². The third-order valence-corrected chi connectivity index (χ3v) is 8.92. The maximum atomic E-state index is 12.5. The monoisotopic (exact) mass is 417 g/mol. The molecule has 2 aliphatic rings. The molecule has 7 heteroatoms. The smallest absolute Gasteiger partial charge is 0.156 e. The predicted octanol–water partition coefficient (Wildman–Crippen LogP) is 3.88. The van der Waals surface area contributed by atoms with Gasteiger partial charge in [0.1, 0.15) is 7.14 Å². The summed E-state index contributed by atoms with van der Waals surface area (Å²) in [6.45, 7) is 9.86. The van der Waals surface area contributed by atoms with E-state index < -0.39 is 7.14 Å². The Kier molecular flexibility index (Phi) is 7.20. The number of hydrogen-bond acceptors (Lipinski definition) is 6. The Labute approximate surface area is 175 Å². The summed E-state index contributed by atoms with van der Waals surface area (Å²) in [5.74, 6) is 8.77. The van der Waals surface area contributed by atoms with Gasteiger partial charge in [0, 0.05) is 42.5 Å². The van der Waals surface area contributed by atoms with Gasteiger partial charge in [0.05, 0.1) is 0 Å². The lowest BCUT2D eigenvalue weighted by atomic mass is 10.0. The van der Waals surface area contributed by atoms with Gasteiger partial charge in [0.15, 0.2) is 5.82 Å². The van der Waals surface area contributed by atoms with Gasteiger partial charge in [-0.25, -0.2) is 21.0 Å². The molecule has 0 amide bonds. The van der Waals surface area contributed by atoms with Crippen molar-refractivity contribution in [2.24, 2.45) is 22.7 Å². The van der Waals surface area contributed by atoms with Gasteiger partial charge in [-0.3, -0.25) is 0 Å². The zero-order chi connectivity index (χ0) is 21.0. The van der Waals surface area contributed by atoms with E-state index in [1.165, 1.54) is 19.3 Å². The van der Waals surface area contributed by atoms with Crippen LogP contribution in [0.5, 0.6) is 0 Å². The Morgan fingerprint density at radius 2 is 1.97 bits per heavy atom. The van der Waals surface area contributed by atoms with Gasteiger partial charge in [-0.1, -0.05) is 13.3 Å². The summed E-state index contributed by atoms with van der Waals surface area (Å²) in [5, 5.41) is 8.37. The Hall–Kier alpha value is -1.62. The fourth-order valence-corrected chi connectivity index (χ4v) is 5.57. The highest BCUT2D eigenvalue weighted by atomic mass is 31.2. The van der Waals surface area contributed by atoms with Crippen LogP contribution in [0.25, 0.3) is 0 Å². The molecule has 4 atom stereocenters. The number of nitrogens with zero attached hydrogens (tertiary/aromatic N) is 3. The number of hydrazine groups is 2. The summed E-state index contributed by atoms with van der Waals surface area (Å²) in [6.07, 6.45) is 8.52. The molecule has 1 saturated heterocycles. The average molecular weight is 418 g/mol. The van der Waals surface area contributed by atoms with Gasteiger partial charge in [-0.2, -0.15) is 0 Å². The summed E-state index contributed by atoms with van der Waals surface area (Å²) in [4.78, 5) is 4.52. The highest BCUT2D eigenvalue weighted by Crippen LogP contribution is 2.39. The molecule has 160 valence electrons. The van der Waals surface area contributed by atoms with Gasteiger partial charge < -0.3 is 9.88 Å². The molecule has 2 fully saturated rings. The van der Waals surface area contributed by atoms with Crippen molar-refractivity contribution in [3.05, 3.63) is 36.2 Å². The van der Waals surface area contributed by atoms with Crippen molar-refractivity contribution in [1.29, 1.82) is 0 Å². The molecule has 1 heterocycles. The lowest BCUT2D eigenvalue weighted by Gasteiger charge is -2.30. The minimum atomic E-state index is -2.23. The minimum absolute atomic E-state index is 0.0484. The lowest BCUT2D eigenvalue weighted by molar-refractivity contribution is 0.0226. The highest BCUT2D eigenvalue weighted by Gasteiger charge is 2.38. The number of nitrogens with two attached hydrogens (primary N) is 1. The molecule has 6 nitrogen and oxygen atoms in total. The molecule has 4 unspecified atom stereocenters. The number of anilines is 1. The zero-order valence-electron chi connectivity index (χ0n) is 18.2. The Bertz CT molecular complexity index is 779. The molecule has 0 aromatic heterocycles. The van der Waals surface area contributed by atoms with Crippen LogP contribution in [-0.4, -0.2) is 48.3 Å². The number of nitrogens with one attached hydrogen (secondary N) is 1. The molecular weight excluding hydrogens is 381 g/mol. The predicted molar refractivity (Wildman–Crippen MR) is 124 cm³/mol. The second-order valence-electron chi connectivity index (χ2n) is 8.48. The quantitative estimate of drug-likeness (QED) is 0.291. The zero-order valence-corrected chi connectivity index (χ0v) is 19.1. The summed E-state index contributed by atoms with van der Waals surface area (Å²) in [6, 6.07) is 7.97. The van der Waals surface area contributed by atoms with Gasteiger partial charge >= 0.3 is 0 Å². The van der Waals surface area contributed by atoms with E-state index in [2.05, 4.69) is 28.3 Å². The first-order chi connectivity index (χ1) is 13.8. The largest absolute Gasteiger partial charge is 0.379 e. The van der Waals surface area contributed by atoms with Crippen LogP contribution < -0.4 is 16.5 Å². The van der Waals surface area contributed by atoms with Crippen molar-refractivity contribution in [2.45, 2.75) is 46.1 Å². The standard InChI is InChI=1S/C22H36N5OP/c1-5-24-22(27(23)26-15-18-8-7-9-19(18)16-26)14-17(3)25-20-10-12-21(13-11-20)29(4,28)6-2/h5,10-14,17-19,25H,6-9,15-16,23H2,1-4H3/b22-14+,24-5?. The Morgan fingerprint density at radius 3 is 2.52 bits per heavy atom. The molecule has 1 aromatic carbocycles. The Balaban J connectivity index is 1.66. The molecule has 3 N–H and O–H groups in total. The van der Waals surface area contributed by atoms with Crippen LogP contribution >= 0.6 is 7.14 Å². The van der Waals surface area contributed by atoms with Crippen LogP contribution in [0.15, 0.2) is 41.2 Å². The first-order valence-corrected chi connectivity index (χ1v) is 13.1. The maximum absolute atomic E-state index is 12.5. The second kappa shape index (κ2) is 9.46. The van der Waals surface area contributed by atoms with Crippen LogP contribution in [0.1, 0.15) is 40.0 Å². The topological polar surface area (TPSA) is 74.0 Å². The molecule has 1 aliphatic heterocycles. The Morgan fingerprint density at radius 1 is 1.34 bits per heavy atom. The fraction of sp³-hybridized carbons (Fsp3) is 0.591. The molecule has 1 aliphatic carbocycles. The van der Waals surface area contributed by atoms with Crippen LogP contribution in [0, 0.1) is 11.8 Å². The number of benzene rings is 1. The highest BCUT2D eigenvalue weighted by molar-refractivity contribution is 7.70. The SMILES string of the molecule is CC=N/C(=C\C(C)Nc1ccc(P(C)(=O)CC)cc1)N(N)N1CC2CCCC2C1. The molecule has 0 spiro atoms. The van der Waals surface area contributed by atoms with E-state index in [4.69, 9.17) is 5.84 Å². The van der Waals surface area contributed by atoms with Gasteiger partial charge in [-0.15, -0.1) is 0 Å². The number of hydrogen-bond donors (Lipinski definition) is 2. The summed E-state index contributed by atoms with van der Waals surface area (Å²) < 4.78 is 12.5. The summed E-state index contributed by atoms with van der Waals surface area (Å²) in [7, 11) is -2.23. The van der Waals surface area contributed by atoms with Crippen LogP contribution in [0.3, 0.4) is 0 Å². The van der Waals surface area contributed by atoms with Crippen LogP contribution in [-0.2, 0) is 4.57 Å². The number of aliphatic imine (C=N–C) groups is 1. The minimum Gasteiger partial charge on any atom is -0.379 e. The molecule has 1 aromatic rings. The van der Waals surface area contributed by atoms with Crippen molar-refractivity contribution >= 4 is 24.3 Å². The molecule has 3 rings (SSSR count). The van der Waals surface area contributed by atoms with Crippen molar-refractivity contribution < 1.29 is 4.57 Å². The van der Waals surface area contributed by atoms with E-state index >= 15 is 0 Å². The van der Waals surface area contributed by atoms with Gasteiger partial charge in [0.25, 0.3) is 0 Å². The van der Waals surface area contributed by atoms with Crippen LogP contribution in [0.4, 0.5) is 5.69 Å². The summed E-state index contributed by atoms with van der Waals surface area (Å²) in [5.41, 5.74) is 0.993. The van der Waals surface area contributed by atoms with E-state index in [0.29, 0.717) is 6.16 Å². The maximum Gasteiger partial charge on any atom is 0.156 e. The molecule has 29 heavy (non-hydrogen) atoms. The summed E-state index contributed by atoms with van der Waals surface area (Å²) >= 11 is 0. The fourth-order valence-electron chi connectivity index (χ4n) is 4.43. The first-order valence-electron chi connectivity index (χ1n) is 10.8. The van der Waals surface area contributed by atoms with Crippen molar-refractivity contribution in [3.63, 3.8) is 0 Å². The van der Waals surface area contributed by atoms with Gasteiger partial charge in [-0.05, 0) is 75.5 Å². The van der Waals surface area contributed by atoms with E-state index in [1.807, 2.05) is 44.8 Å². The third kappa shape index (κ3) is 5.30. The van der Waals surface area contributed by atoms with E-state index in [9.17, 15) is 4.57 Å². The molecular formula is C22H36N5OP. The normalized spacial score (nSPS) is 25.8. The average Bonchev–Trinajstić information content (AvgIpc) is 3.29. The molecule has 1 saturated carbocycles. The first kappa shape index (κ1) is 22.1. The van der Waals surface area contributed by atoms with E-state index in [0.717, 1.165) is 41.7 Å². The number of rotatable bonds is 8. The van der Waals surface area contributed by atoms with Gasteiger partial charge in [0.2, 0.25) is 0 Å². The third-order valence-electron chi connectivity index (χ3n) is 6.32. The van der Waals surface area contributed by atoms with Crippen molar-refractivity contribution in [3.8, 4) is 0 Å². The van der Waals surface area contributed by atoms with E-state index in [-0.39, 0.29) is 6.04 Å². The molecule has 0 radical (unpaired) electrons. The molecule has 0 bridgehead atoms.